The number of aryl methyl sites for hydroxylation is 1. The van der Waals surface area contributed by atoms with Gasteiger partial charge in [-0.25, -0.2) is 0 Å². The lowest BCUT2D eigenvalue weighted by Crippen LogP contribution is -2.44. The fraction of sp³-hybridized carbons (Fsp3) is 0.706. The summed E-state index contributed by atoms with van der Waals surface area (Å²) in [4.78, 5) is 6.98. The van der Waals surface area contributed by atoms with Gasteiger partial charge in [0, 0.05) is 31.0 Å². The number of pyridine rings is 1. The average Bonchev–Trinajstić information content (AvgIpc) is 2.47. The molecule has 0 radical (unpaired) electrons. The van der Waals surface area contributed by atoms with Gasteiger partial charge in [0.15, 0.2) is 0 Å². The molecule has 112 valence electrons. The molecule has 0 bridgehead atoms. The summed E-state index contributed by atoms with van der Waals surface area (Å²) < 4.78 is 0. The predicted molar refractivity (Wildman–Crippen MR) is 84.7 cm³/mol. The maximum Gasteiger partial charge on any atom is 0.0372 e. The molecule has 1 aromatic rings. The van der Waals surface area contributed by atoms with Crippen molar-refractivity contribution in [3.05, 3.63) is 29.6 Å². The summed E-state index contributed by atoms with van der Waals surface area (Å²) in [5.74, 6) is 0.786. The van der Waals surface area contributed by atoms with Crippen LogP contribution in [0.4, 0.5) is 0 Å². The van der Waals surface area contributed by atoms with Crippen molar-refractivity contribution in [3.63, 3.8) is 0 Å². The highest BCUT2D eigenvalue weighted by atomic mass is 15.1. The molecule has 1 aliphatic rings. The first kappa shape index (κ1) is 15.5. The molecule has 1 aromatic heterocycles. The third kappa shape index (κ3) is 4.57. The lowest BCUT2D eigenvalue weighted by molar-refractivity contribution is 0.150. The molecule has 20 heavy (non-hydrogen) atoms. The minimum absolute atomic E-state index is 0.580. The maximum atomic E-state index is 4.36. The van der Waals surface area contributed by atoms with Crippen LogP contribution in [-0.2, 0) is 6.54 Å². The van der Waals surface area contributed by atoms with Crippen molar-refractivity contribution in [3.8, 4) is 0 Å². The van der Waals surface area contributed by atoms with E-state index in [0.29, 0.717) is 6.04 Å². The van der Waals surface area contributed by atoms with E-state index in [1.54, 1.807) is 0 Å². The summed E-state index contributed by atoms with van der Waals surface area (Å²) in [6, 6.07) is 4.84. The van der Waals surface area contributed by atoms with Crippen LogP contribution in [-0.4, -0.2) is 35.6 Å². The highest BCUT2D eigenvalue weighted by Gasteiger charge is 2.23. The van der Waals surface area contributed by atoms with Gasteiger partial charge in [0.1, 0.15) is 0 Å². The molecule has 0 amide bonds. The van der Waals surface area contributed by atoms with Crippen molar-refractivity contribution in [1.82, 2.24) is 15.2 Å². The van der Waals surface area contributed by atoms with Gasteiger partial charge in [0.2, 0.25) is 0 Å². The quantitative estimate of drug-likeness (QED) is 0.865. The van der Waals surface area contributed by atoms with E-state index >= 15 is 0 Å². The summed E-state index contributed by atoms with van der Waals surface area (Å²) in [6.45, 7) is 11.4. The van der Waals surface area contributed by atoms with Crippen molar-refractivity contribution in [2.24, 2.45) is 5.92 Å². The molecule has 2 heterocycles. The first-order chi connectivity index (χ1) is 9.69. The number of nitrogens with one attached hydrogen (secondary N) is 1. The van der Waals surface area contributed by atoms with Crippen molar-refractivity contribution in [2.75, 3.05) is 19.6 Å². The molecule has 2 unspecified atom stereocenters. The topological polar surface area (TPSA) is 28.2 Å². The number of likely N-dealkylation sites (tertiary alicyclic amines) is 1. The van der Waals surface area contributed by atoms with Crippen LogP contribution in [0.2, 0.25) is 0 Å². The average molecular weight is 275 g/mol. The highest BCUT2D eigenvalue weighted by molar-refractivity contribution is 5.12. The van der Waals surface area contributed by atoms with Gasteiger partial charge >= 0.3 is 0 Å². The third-order valence-corrected chi connectivity index (χ3v) is 4.39. The zero-order chi connectivity index (χ0) is 14.4. The molecule has 0 aromatic carbocycles. The van der Waals surface area contributed by atoms with E-state index < -0.39 is 0 Å². The van der Waals surface area contributed by atoms with Gasteiger partial charge in [0.05, 0.1) is 0 Å². The SMILES string of the molecule is CCCN1CCCC(C(C)NCc2ccc(C)nc2)C1. The fourth-order valence-corrected chi connectivity index (χ4v) is 3.07. The predicted octanol–water partition coefficient (Wildman–Crippen LogP) is 2.99. The Morgan fingerprint density at radius 1 is 1.45 bits per heavy atom. The Hall–Kier alpha value is -0.930. The molecule has 0 saturated carbocycles. The van der Waals surface area contributed by atoms with Gasteiger partial charge in [-0.3, -0.25) is 4.98 Å². The summed E-state index contributed by atoms with van der Waals surface area (Å²) in [7, 11) is 0. The second kappa shape index (κ2) is 7.75. The van der Waals surface area contributed by atoms with Crippen LogP contribution >= 0.6 is 0 Å². The molecule has 0 aliphatic carbocycles. The second-order valence-electron chi connectivity index (χ2n) is 6.18. The fourth-order valence-electron chi connectivity index (χ4n) is 3.07. The van der Waals surface area contributed by atoms with E-state index in [0.717, 1.165) is 18.2 Å². The lowest BCUT2D eigenvalue weighted by Gasteiger charge is -2.36. The zero-order valence-corrected chi connectivity index (χ0v) is 13.2. The van der Waals surface area contributed by atoms with Crippen molar-refractivity contribution in [1.29, 1.82) is 0 Å². The van der Waals surface area contributed by atoms with Crippen LogP contribution in [0.3, 0.4) is 0 Å². The molecule has 3 nitrogen and oxygen atoms in total. The van der Waals surface area contributed by atoms with E-state index in [9.17, 15) is 0 Å². The molecule has 2 rings (SSSR count). The van der Waals surface area contributed by atoms with Crippen LogP contribution in [0, 0.1) is 12.8 Å². The van der Waals surface area contributed by atoms with Gasteiger partial charge in [-0.15, -0.1) is 0 Å². The molecule has 1 N–H and O–H groups in total. The van der Waals surface area contributed by atoms with Crippen LogP contribution < -0.4 is 5.32 Å². The monoisotopic (exact) mass is 275 g/mol. The normalized spacial score (nSPS) is 21.9. The standard InChI is InChI=1S/C17H29N3/c1-4-9-20-10-5-6-17(13-20)15(3)19-12-16-8-7-14(2)18-11-16/h7-8,11,15,17,19H,4-6,9-10,12-13H2,1-3H3. The number of hydrogen-bond donors (Lipinski definition) is 1. The highest BCUT2D eigenvalue weighted by Crippen LogP contribution is 2.20. The van der Waals surface area contributed by atoms with Crippen LogP contribution in [0.1, 0.15) is 44.4 Å². The van der Waals surface area contributed by atoms with Gasteiger partial charge < -0.3 is 10.2 Å². The van der Waals surface area contributed by atoms with E-state index in [4.69, 9.17) is 0 Å². The molecule has 1 aliphatic heterocycles. The lowest BCUT2D eigenvalue weighted by atomic mass is 9.91. The second-order valence-corrected chi connectivity index (χ2v) is 6.18. The number of nitrogens with zero attached hydrogens (tertiary/aromatic N) is 2. The maximum absolute atomic E-state index is 4.36. The Morgan fingerprint density at radius 2 is 2.30 bits per heavy atom. The summed E-state index contributed by atoms with van der Waals surface area (Å²) in [6.07, 6.45) is 5.96. The van der Waals surface area contributed by atoms with Crippen molar-refractivity contribution >= 4 is 0 Å². The van der Waals surface area contributed by atoms with E-state index in [1.165, 1.54) is 44.5 Å². The summed E-state index contributed by atoms with van der Waals surface area (Å²) in [5.41, 5.74) is 2.37. The van der Waals surface area contributed by atoms with Gasteiger partial charge in [-0.05, 0) is 63.7 Å². The number of aromatic nitrogens is 1. The van der Waals surface area contributed by atoms with E-state index in [2.05, 4.69) is 41.2 Å². The molecular formula is C17H29N3. The molecular weight excluding hydrogens is 246 g/mol. The zero-order valence-electron chi connectivity index (χ0n) is 13.2. The van der Waals surface area contributed by atoms with Crippen molar-refractivity contribution in [2.45, 2.75) is 52.6 Å². The van der Waals surface area contributed by atoms with Crippen molar-refractivity contribution < 1.29 is 0 Å². The van der Waals surface area contributed by atoms with E-state index in [1.807, 2.05) is 13.1 Å². The number of rotatable bonds is 6. The first-order valence-electron chi connectivity index (χ1n) is 8.06. The van der Waals surface area contributed by atoms with Crippen LogP contribution in [0.25, 0.3) is 0 Å². The Balaban J connectivity index is 1.79. The molecule has 0 spiro atoms. The molecule has 1 saturated heterocycles. The Labute approximate surface area is 123 Å². The first-order valence-corrected chi connectivity index (χ1v) is 8.06. The summed E-state index contributed by atoms with van der Waals surface area (Å²) in [5, 5.41) is 3.68. The molecule has 2 atom stereocenters. The Morgan fingerprint density at radius 3 is 3.00 bits per heavy atom. The van der Waals surface area contributed by atoms with Gasteiger partial charge in [-0.1, -0.05) is 13.0 Å². The Bertz CT molecular complexity index is 386. The number of hydrogen-bond acceptors (Lipinski definition) is 3. The summed E-state index contributed by atoms with van der Waals surface area (Å²) >= 11 is 0. The minimum atomic E-state index is 0.580. The largest absolute Gasteiger partial charge is 0.310 e. The molecule has 1 fully saturated rings. The van der Waals surface area contributed by atoms with Gasteiger partial charge in [-0.2, -0.15) is 0 Å². The third-order valence-electron chi connectivity index (χ3n) is 4.39. The van der Waals surface area contributed by atoms with Crippen LogP contribution in [0.15, 0.2) is 18.3 Å². The van der Waals surface area contributed by atoms with Gasteiger partial charge in [0.25, 0.3) is 0 Å². The van der Waals surface area contributed by atoms with Crippen LogP contribution in [0.5, 0.6) is 0 Å². The smallest absolute Gasteiger partial charge is 0.0372 e. The Kier molecular flexibility index (Phi) is 5.99. The van der Waals surface area contributed by atoms with E-state index in [-0.39, 0.29) is 0 Å². The number of piperidine rings is 1. The molecule has 3 heteroatoms. The minimum Gasteiger partial charge on any atom is -0.310 e.